The molecule has 5 aliphatic rings. The predicted octanol–water partition coefficient (Wildman–Crippen LogP) is 5.05. The van der Waals surface area contributed by atoms with Crippen LogP contribution >= 0.6 is 0 Å². The van der Waals surface area contributed by atoms with Gasteiger partial charge in [0, 0.05) is 30.5 Å². The number of anilines is 1. The number of benzene rings is 1. The Balaban J connectivity index is 1.27. The average molecular weight is 460 g/mol. The molecule has 5 fully saturated rings. The van der Waals surface area contributed by atoms with E-state index in [1.54, 1.807) is 0 Å². The van der Waals surface area contributed by atoms with E-state index in [1.165, 1.54) is 6.42 Å². The van der Waals surface area contributed by atoms with E-state index >= 15 is 0 Å². The molecular weight excluding hydrogens is 422 g/mol. The van der Waals surface area contributed by atoms with Crippen LogP contribution in [0.4, 0.5) is 5.69 Å². The summed E-state index contributed by atoms with van der Waals surface area (Å²) in [5, 5.41) is 2.99. The van der Waals surface area contributed by atoms with Gasteiger partial charge in [-0.25, -0.2) is 9.78 Å². The molecule has 0 radical (unpaired) electrons. The number of hydrogen-bond donors (Lipinski definition) is 1. The molecule has 7 heteroatoms. The van der Waals surface area contributed by atoms with Crippen LogP contribution in [0.1, 0.15) is 66.2 Å². The van der Waals surface area contributed by atoms with Crippen molar-refractivity contribution < 1.29 is 28.8 Å². The molecule has 33 heavy (non-hydrogen) atoms. The number of fused-ring (bicyclic) bond motifs is 2. The summed E-state index contributed by atoms with van der Waals surface area (Å²) in [6.07, 6.45) is 4.58. The van der Waals surface area contributed by atoms with Gasteiger partial charge in [0.15, 0.2) is 11.9 Å². The highest BCUT2D eigenvalue weighted by Crippen LogP contribution is 2.60. The highest BCUT2D eigenvalue weighted by Gasteiger charge is 2.69. The van der Waals surface area contributed by atoms with Crippen LogP contribution < -0.4 is 10.1 Å². The van der Waals surface area contributed by atoms with Crippen molar-refractivity contribution in [3.05, 3.63) is 24.3 Å². The number of carbonyl (C=O) groups is 1. The van der Waals surface area contributed by atoms with Crippen LogP contribution in [-0.4, -0.2) is 36.3 Å². The highest BCUT2D eigenvalue weighted by molar-refractivity contribution is 5.90. The van der Waals surface area contributed by atoms with Gasteiger partial charge < -0.3 is 19.5 Å². The molecular formula is C26H37NO6. The van der Waals surface area contributed by atoms with Gasteiger partial charge in [0.1, 0.15) is 5.75 Å². The van der Waals surface area contributed by atoms with Crippen LogP contribution in [0.5, 0.6) is 5.75 Å². The van der Waals surface area contributed by atoms with Crippen LogP contribution in [0.3, 0.4) is 0 Å². The number of ether oxygens (including phenoxy) is 3. The molecule has 1 saturated carbocycles. The molecule has 4 heterocycles. The molecule has 4 aliphatic heterocycles. The van der Waals surface area contributed by atoms with E-state index in [9.17, 15) is 4.79 Å². The largest absolute Gasteiger partial charge is 0.494 e. The maximum Gasteiger partial charge on any atom is 0.224 e. The Labute approximate surface area is 196 Å². The number of nitrogens with one attached hydrogen (secondary N) is 1. The standard InChI is InChI=1S/C26H37NO6/c1-5-29-19-8-6-7-18(15-19)27-23(28)12-11-22-17(3)21-10-9-16(2)20-13-14-25(4)31-24(30-22)26(20,21)33-32-25/h6-8,15-17,20-22,24H,5,9-14H2,1-4H3,(H,27,28)/t16-,17-,20+,21+,22-,24-,25+,26-/m1/s1. The molecule has 8 atom stereocenters. The van der Waals surface area contributed by atoms with Crippen LogP contribution in [0.2, 0.25) is 0 Å². The van der Waals surface area contributed by atoms with Gasteiger partial charge in [-0.1, -0.05) is 19.9 Å². The van der Waals surface area contributed by atoms with E-state index in [1.807, 2.05) is 38.1 Å². The van der Waals surface area contributed by atoms with Gasteiger partial charge in [-0.3, -0.25) is 4.79 Å². The molecule has 1 aromatic rings. The zero-order valence-corrected chi connectivity index (χ0v) is 20.2. The Morgan fingerprint density at radius 3 is 2.85 bits per heavy atom. The minimum absolute atomic E-state index is 0.0234. The van der Waals surface area contributed by atoms with Crippen LogP contribution in [-0.2, 0) is 24.0 Å². The van der Waals surface area contributed by atoms with Crippen LogP contribution in [0.25, 0.3) is 0 Å². The van der Waals surface area contributed by atoms with Crippen molar-refractivity contribution >= 4 is 11.6 Å². The quantitative estimate of drug-likeness (QED) is 0.600. The number of carbonyl (C=O) groups excluding carboxylic acids is 1. The van der Waals surface area contributed by atoms with Crippen molar-refractivity contribution in [1.29, 1.82) is 0 Å². The molecule has 4 saturated heterocycles. The fourth-order valence-corrected chi connectivity index (χ4v) is 6.64. The SMILES string of the molecule is CCOc1cccc(NC(=O)CC[C@H]2O[C@@H]3O[C@]4(C)CC[C@H]5[C@H](C)CC[C@@H]([C@H]2C)[C@@]35OO4)c1. The maximum atomic E-state index is 12.7. The third-order valence-electron chi connectivity index (χ3n) is 8.38. The lowest BCUT2D eigenvalue weighted by atomic mass is 9.57. The topological polar surface area (TPSA) is 75.3 Å². The van der Waals surface area contributed by atoms with Crippen molar-refractivity contribution in [2.75, 3.05) is 11.9 Å². The molecule has 182 valence electrons. The predicted molar refractivity (Wildman–Crippen MR) is 122 cm³/mol. The lowest BCUT2D eigenvalue weighted by Gasteiger charge is -2.60. The summed E-state index contributed by atoms with van der Waals surface area (Å²) >= 11 is 0. The first kappa shape index (κ1) is 23.1. The van der Waals surface area contributed by atoms with E-state index in [-0.39, 0.29) is 23.8 Å². The molecule has 6 rings (SSSR count). The molecule has 2 bridgehead atoms. The van der Waals surface area contributed by atoms with Crippen molar-refractivity contribution in [2.24, 2.45) is 23.7 Å². The summed E-state index contributed by atoms with van der Waals surface area (Å²) in [7, 11) is 0. The van der Waals surface area contributed by atoms with E-state index in [2.05, 4.69) is 19.2 Å². The molecule has 0 unspecified atom stereocenters. The summed E-state index contributed by atoms with van der Waals surface area (Å²) in [4.78, 5) is 24.8. The Morgan fingerprint density at radius 1 is 1.18 bits per heavy atom. The summed E-state index contributed by atoms with van der Waals surface area (Å²) in [6.45, 7) is 9.03. The first-order valence-corrected chi connectivity index (χ1v) is 12.6. The highest BCUT2D eigenvalue weighted by atomic mass is 17.3. The fourth-order valence-electron chi connectivity index (χ4n) is 6.64. The molecule has 1 N–H and O–H groups in total. The van der Waals surface area contributed by atoms with Crippen molar-refractivity contribution in [3.8, 4) is 5.75 Å². The summed E-state index contributed by atoms with van der Waals surface area (Å²) in [5.41, 5.74) is 0.195. The third kappa shape index (κ3) is 4.07. The minimum Gasteiger partial charge on any atom is -0.494 e. The third-order valence-corrected chi connectivity index (χ3v) is 8.38. The second kappa shape index (κ2) is 8.84. The van der Waals surface area contributed by atoms with Gasteiger partial charge >= 0.3 is 0 Å². The van der Waals surface area contributed by atoms with Gasteiger partial charge in [0.05, 0.1) is 12.7 Å². The smallest absolute Gasteiger partial charge is 0.224 e. The lowest BCUT2D eigenvalue weighted by molar-refractivity contribution is -0.571. The minimum atomic E-state index is -0.772. The van der Waals surface area contributed by atoms with Gasteiger partial charge in [-0.15, -0.1) is 0 Å². The Bertz CT molecular complexity index is 878. The monoisotopic (exact) mass is 459 g/mol. The molecule has 1 spiro atoms. The van der Waals surface area contributed by atoms with Gasteiger partial charge in [0.2, 0.25) is 11.7 Å². The number of amides is 1. The molecule has 7 nitrogen and oxygen atoms in total. The van der Waals surface area contributed by atoms with Crippen molar-refractivity contribution in [1.82, 2.24) is 0 Å². The summed E-state index contributed by atoms with van der Waals surface area (Å²) < 4.78 is 18.5. The maximum absolute atomic E-state index is 12.7. The average Bonchev–Trinajstić information content (AvgIpc) is 3.02. The van der Waals surface area contributed by atoms with E-state index in [0.717, 1.165) is 30.7 Å². The first-order chi connectivity index (χ1) is 15.8. The first-order valence-electron chi connectivity index (χ1n) is 12.6. The summed E-state index contributed by atoms with van der Waals surface area (Å²) in [6, 6.07) is 7.50. The Kier molecular flexibility index (Phi) is 6.18. The molecule has 1 aliphatic carbocycles. The van der Waals surface area contributed by atoms with Gasteiger partial charge in [-0.2, -0.15) is 0 Å². The zero-order chi connectivity index (χ0) is 23.2. The number of hydrogen-bond acceptors (Lipinski definition) is 6. The van der Waals surface area contributed by atoms with Crippen molar-refractivity contribution in [3.63, 3.8) is 0 Å². The fraction of sp³-hybridized carbons (Fsp3) is 0.731. The molecule has 0 aromatic heterocycles. The van der Waals surface area contributed by atoms with Crippen LogP contribution in [0, 0.1) is 23.7 Å². The lowest BCUT2D eigenvalue weighted by Crippen LogP contribution is -2.70. The Hall–Kier alpha value is -1.67. The molecule has 1 aromatic carbocycles. The zero-order valence-electron chi connectivity index (χ0n) is 20.2. The number of rotatable bonds is 6. The second-order valence-electron chi connectivity index (χ2n) is 10.5. The van der Waals surface area contributed by atoms with E-state index < -0.39 is 17.7 Å². The normalized spacial score (nSPS) is 41.7. The molecule has 1 amide bonds. The second-order valence-corrected chi connectivity index (χ2v) is 10.5. The van der Waals surface area contributed by atoms with Crippen LogP contribution in [0.15, 0.2) is 24.3 Å². The summed E-state index contributed by atoms with van der Waals surface area (Å²) in [5.74, 6) is 1.39. The van der Waals surface area contributed by atoms with E-state index in [0.29, 0.717) is 31.3 Å². The van der Waals surface area contributed by atoms with Crippen molar-refractivity contribution in [2.45, 2.75) is 90.0 Å². The van der Waals surface area contributed by atoms with Gasteiger partial charge in [0.25, 0.3) is 0 Å². The Morgan fingerprint density at radius 2 is 2.03 bits per heavy atom. The van der Waals surface area contributed by atoms with Gasteiger partial charge in [-0.05, 0) is 69.4 Å². The van der Waals surface area contributed by atoms with E-state index in [4.69, 9.17) is 24.0 Å².